The molecule has 2 aliphatic carbocycles. The van der Waals surface area contributed by atoms with Crippen molar-refractivity contribution in [2.24, 2.45) is 5.92 Å². The summed E-state index contributed by atoms with van der Waals surface area (Å²) in [6.45, 7) is 8.41. The van der Waals surface area contributed by atoms with Crippen LogP contribution in [0.15, 0.2) is 48.8 Å². The molecule has 7 rings (SSSR count). The molecule has 9 nitrogen and oxygen atoms in total. The summed E-state index contributed by atoms with van der Waals surface area (Å²) in [4.78, 5) is 30.9. The van der Waals surface area contributed by atoms with Crippen molar-refractivity contribution in [2.75, 3.05) is 49.6 Å². The minimum atomic E-state index is -1.01. The van der Waals surface area contributed by atoms with Crippen LogP contribution < -0.4 is 14.5 Å². The van der Waals surface area contributed by atoms with Crippen LogP contribution in [0.25, 0.3) is 10.8 Å². The van der Waals surface area contributed by atoms with E-state index in [0.29, 0.717) is 55.7 Å². The first-order valence-corrected chi connectivity index (χ1v) is 17.0. The Kier molecular flexibility index (Phi) is 8.48. The number of halogens is 2. The van der Waals surface area contributed by atoms with E-state index in [9.17, 15) is 14.4 Å². The lowest BCUT2D eigenvalue weighted by Crippen LogP contribution is -2.55. The third-order valence-corrected chi connectivity index (χ3v) is 11.3. The number of carbonyl (C=O) groups excluding carboxylic acids is 1. The summed E-state index contributed by atoms with van der Waals surface area (Å²) in [6, 6.07) is 14.9. The molecule has 47 heavy (non-hydrogen) atoms. The lowest BCUT2D eigenvalue weighted by atomic mass is 9.90. The van der Waals surface area contributed by atoms with Crippen LogP contribution in [-0.4, -0.2) is 83.1 Å². The van der Waals surface area contributed by atoms with E-state index in [1.54, 1.807) is 0 Å². The Labute approximate surface area is 280 Å². The highest BCUT2D eigenvalue weighted by molar-refractivity contribution is 6.36. The number of rotatable bonds is 9. The molecule has 0 spiro atoms. The smallest absolute Gasteiger partial charge is 0.318 e. The monoisotopic (exact) mass is 657 g/mol. The standard InChI is InChI=1S/C36H41ClFN7O2/c1-23(38)34(46)45-18-17-44(20-27(45)13-15-39)33-28-14-16-43(31-12-5-8-24-7-4-11-29(37)32(24)31)21-30(28)40-35(41-33)47-22-25-19-36(25,2)42(3)26-9-6-10-26/h4-5,7-8,11-12,25-27H,1,6,9-10,13-14,16-22H2,2-3H3/t25?,27-,36+/m0/s1. The number of benzene rings is 2. The lowest BCUT2D eigenvalue weighted by molar-refractivity contribution is -0.131. The van der Waals surface area contributed by atoms with E-state index in [0.717, 1.165) is 46.5 Å². The normalized spacial score (nSPS) is 24.1. The van der Waals surface area contributed by atoms with Crippen molar-refractivity contribution in [1.82, 2.24) is 19.8 Å². The first-order valence-electron chi connectivity index (χ1n) is 16.6. The van der Waals surface area contributed by atoms with Gasteiger partial charge in [-0.05, 0) is 57.2 Å². The Morgan fingerprint density at radius 2 is 1.98 bits per heavy atom. The number of hydrogen-bond acceptors (Lipinski definition) is 8. The maximum Gasteiger partial charge on any atom is 0.318 e. The van der Waals surface area contributed by atoms with Gasteiger partial charge in [-0.2, -0.15) is 15.2 Å². The summed E-state index contributed by atoms with van der Waals surface area (Å²) in [5.41, 5.74) is 3.10. The van der Waals surface area contributed by atoms with Crippen molar-refractivity contribution in [1.29, 1.82) is 5.26 Å². The van der Waals surface area contributed by atoms with E-state index in [1.165, 1.54) is 24.2 Å². The molecule has 246 valence electrons. The van der Waals surface area contributed by atoms with E-state index in [4.69, 9.17) is 26.3 Å². The van der Waals surface area contributed by atoms with Crippen LogP contribution in [0, 0.1) is 17.2 Å². The predicted octanol–water partition coefficient (Wildman–Crippen LogP) is 5.90. The van der Waals surface area contributed by atoms with Crippen molar-refractivity contribution in [2.45, 2.75) is 69.6 Å². The van der Waals surface area contributed by atoms with E-state index >= 15 is 0 Å². The number of hydrogen-bond donors (Lipinski definition) is 0. The fourth-order valence-corrected chi connectivity index (χ4v) is 7.97. The van der Waals surface area contributed by atoms with Crippen LogP contribution in [-0.2, 0) is 17.8 Å². The molecule has 3 heterocycles. The van der Waals surface area contributed by atoms with Gasteiger partial charge in [0.2, 0.25) is 0 Å². The minimum absolute atomic E-state index is 0.0799. The Morgan fingerprint density at radius 1 is 1.19 bits per heavy atom. The number of aromatic nitrogens is 2. The summed E-state index contributed by atoms with van der Waals surface area (Å²) in [5.74, 6) is -0.615. The van der Waals surface area contributed by atoms with Crippen LogP contribution in [0.5, 0.6) is 6.01 Å². The number of nitrogens with zero attached hydrogens (tertiary/aromatic N) is 7. The molecular formula is C36H41ClFN7O2. The van der Waals surface area contributed by atoms with Crippen molar-refractivity contribution in [3.63, 3.8) is 0 Å². The predicted molar refractivity (Wildman–Crippen MR) is 181 cm³/mol. The van der Waals surface area contributed by atoms with Gasteiger partial charge in [-0.1, -0.05) is 48.9 Å². The zero-order valence-electron chi connectivity index (χ0n) is 27.1. The molecule has 4 aliphatic rings. The Balaban J connectivity index is 1.19. The zero-order valence-corrected chi connectivity index (χ0v) is 27.8. The Hall–Kier alpha value is -3.94. The molecule has 11 heteroatoms. The molecule has 2 aromatic carbocycles. The average Bonchev–Trinajstić information content (AvgIpc) is 3.72. The van der Waals surface area contributed by atoms with E-state index in [1.807, 2.05) is 12.1 Å². The Morgan fingerprint density at radius 3 is 2.70 bits per heavy atom. The zero-order chi connectivity index (χ0) is 32.9. The van der Waals surface area contributed by atoms with Gasteiger partial charge in [-0.25, -0.2) is 4.39 Å². The van der Waals surface area contributed by atoms with Gasteiger partial charge < -0.3 is 19.4 Å². The molecule has 0 N–H and O–H groups in total. The highest BCUT2D eigenvalue weighted by atomic mass is 35.5. The van der Waals surface area contributed by atoms with E-state index in [-0.39, 0.29) is 18.5 Å². The number of piperazine rings is 1. The van der Waals surface area contributed by atoms with Crippen LogP contribution in [0.2, 0.25) is 5.02 Å². The summed E-state index contributed by atoms with van der Waals surface area (Å²) in [7, 11) is 2.24. The maximum atomic E-state index is 13.9. The summed E-state index contributed by atoms with van der Waals surface area (Å²) < 4.78 is 20.3. The van der Waals surface area contributed by atoms with Crippen LogP contribution in [0.4, 0.5) is 15.9 Å². The second-order valence-electron chi connectivity index (χ2n) is 13.7. The molecule has 2 saturated carbocycles. The number of fused-ring (bicyclic) bond motifs is 2. The SMILES string of the molecule is C=C(F)C(=O)N1CCN(c2nc(OCC3C[C@@]3(C)N(C)C3CCC3)nc3c2CCN(c2cccc4cccc(Cl)c24)C3)C[C@@H]1CC#N. The fraction of sp³-hybridized carbons (Fsp3) is 0.500. The maximum absolute atomic E-state index is 13.9. The second-order valence-corrected chi connectivity index (χ2v) is 14.1. The summed E-state index contributed by atoms with van der Waals surface area (Å²) in [6.07, 6.45) is 5.69. The van der Waals surface area contributed by atoms with Gasteiger partial charge in [0.25, 0.3) is 5.91 Å². The number of nitriles is 1. The van der Waals surface area contributed by atoms with Gasteiger partial charge in [-0.15, -0.1) is 0 Å². The molecule has 3 aromatic rings. The molecule has 2 aliphatic heterocycles. The Bertz CT molecular complexity index is 1750. The van der Waals surface area contributed by atoms with Gasteiger partial charge in [-0.3, -0.25) is 9.69 Å². The first kappa shape index (κ1) is 31.6. The van der Waals surface area contributed by atoms with Gasteiger partial charge in [0.05, 0.1) is 42.4 Å². The quantitative estimate of drug-likeness (QED) is 0.263. The molecule has 1 unspecified atom stereocenters. The average molecular weight is 658 g/mol. The lowest BCUT2D eigenvalue weighted by Gasteiger charge is -2.42. The topological polar surface area (TPSA) is 88.8 Å². The van der Waals surface area contributed by atoms with Gasteiger partial charge in [0.1, 0.15) is 5.82 Å². The van der Waals surface area contributed by atoms with Gasteiger partial charge in [0.15, 0.2) is 5.83 Å². The van der Waals surface area contributed by atoms with Gasteiger partial charge in [0, 0.05) is 60.3 Å². The largest absolute Gasteiger partial charge is 0.463 e. The number of amides is 1. The summed E-state index contributed by atoms with van der Waals surface area (Å²) >= 11 is 6.72. The van der Waals surface area contributed by atoms with Crippen molar-refractivity contribution >= 4 is 39.8 Å². The molecule has 0 bridgehead atoms. The molecule has 0 radical (unpaired) electrons. The fourth-order valence-electron chi connectivity index (χ4n) is 7.69. The molecule has 3 fully saturated rings. The second kappa shape index (κ2) is 12.6. The number of ether oxygens (including phenoxy) is 1. The highest BCUT2D eigenvalue weighted by Crippen LogP contribution is 2.50. The molecular weight excluding hydrogens is 617 g/mol. The highest BCUT2D eigenvalue weighted by Gasteiger charge is 2.55. The van der Waals surface area contributed by atoms with Crippen LogP contribution >= 0.6 is 11.6 Å². The van der Waals surface area contributed by atoms with Crippen molar-refractivity contribution < 1.29 is 13.9 Å². The van der Waals surface area contributed by atoms with Gasteiger partial charge >= 0.3 is 6.01 Å². The first-order chi connectivity index (χ1) is 22.7. The molecule has 1 amide bonds. The summed E-state index contributed by atoms with van der Waals surface area (Å²) in [5, 5.41) is 12.4. The van der Waals surface area contributed by atoms with Crippen molar-refractivity contribution in [3.8, 4) is 12.1 Å². The molecule has 1 aromatic heterocycles. The minimum Gasteiger partial charge on any atom is -0.463 e. The number of anilines is 2. The van der Waals surface area contributed by atoms with E-state index < -0.39 is 17.8 Å². The third-order valence-electron chi connectivity index (χ3n) is 11.0. The van der Waals surface area contributed by atoms with Crippen LogP contribution in [0.3, 0.4) is 0 Å². The third kappa shape index (κ3) is 5.89. The number of carbonyl (C=O) groups is 1. The van der Waals surface area contributed by atoms with Crippen LogP contribution in [0.1, 0.15) is 50.3 Å². The molecule has 3 atom stereocenters. The molecule has 1 saturated heterocycles. The van der Waals surface area contributed by atoms with Crippen molar-refractivity contribution in [3.05, 3.63) is 65.1 Å². The van der Waals surface area contributed by atoms with E-state index in [2.05, 4.69) is 65.6 Å².